The highest BCUT2D eigenvalue weighted by atomic mass is 16.2. The SMILES string of the molecule is N[C@H]1CCN(C(=O)c2cccn2C2CC2)C1. The molecule has 2 fully saturated rings. The molecule has 1 saturated heterocycles. The van der Waals surface area contributed by atoms with Gasteiger partial charge in [-0.3, -0.25) is 4.79 Å². The van der Waals surface area contributed by atoms with E-state index in [4.69, 9.17) is 5.73 Å². The summed E-state index contributed by atoms with van der Waals surface area (Å²) in [6.45, 7) is 1.50. The zero-order chi connectivity index (χ0) is 11.1. The van der Waals surface area contributed by atoms with Crippen LogP contribution in [0, 0.1) is 0 Å². The number of nitrogens with two attached hydrogens (primary N) is 1. The lowest BCUT2D eigenvalue weighted by Crippen LogP contribution is -2.33. The Morgan fingerprint density at radius 1 is 1.38 bits per heavy atom. The average Bonchev–Trinajstić information content (AvgIpc) is 2.85. The van der Waals surface area contributed by atoms with Crippen molar-refractivity contribution in [3.8, 4) is 0 Å². The Morgan fingerprint density at radius 3 is 2.81 bits per heavy atom. The summed E-state index contributed by atoms with van der Waals surface area (Å²) >= 11 is 0. The van der Waals surface area contributed by atoms with E-state index in [-0.39, 0.29) is 11.9 Å². The molecule has 1 aliphatic carbocycles. The van der Waals surface area contributed by atoms with E-state index in [1.165, 1.54) is 12.8 Å². The second-order valence-electron chi connectivity index (χ2n) is 4.83. The summed E-state index contributed by atoms with van der Waals surface area (Å²) in [6, 6.07) is 4.60. The fourth-order valence-corrected chi connectivity index (χ4v) is 2.38. The van der Waals surface area contributed by atoms with Gasteiger partial charge in [-0.2, -0.15) is 0 Å². The van der Waals surface area contributed by atoms with Gasteiger partial charge in [0, 0.05) is 31.4 Å². The Hall–Kier alpha value is -1.29. The molecule has 0 spiro atoms. The second-order valence-corrected chi connectivity index (χ2v) is 4.83. The van der Waals surface area contributed by atoms with Crippen molar-refractivity contribution in [2.24, 2.45) is 5.73 Å². The number of likely N-dealkylation sites (tertiary alicyclic amines) is 1. The summed E-state index contributed by atoms with van der Waals surface area (Å²) in [6.07, 6.45) is 5.35. The van der Waals surface area contributed by atoms with Crippen molar-refractivity contribution in [2.75, 3.05) is 13.1 Å². The molecule has 0 bridgehead atoms. The first-order valence-electron chi connectivity index (χ1n) is 5.97. The molecule has 1 amide bonds. The smallest absolute Gasteiger partial charge is 0.270 e. The highest BCUT2D eigenvalue weighted by Gasteiger charge is 2.30. The molecule has 4 heteroatoms. The Kier molecular flexibility index (Phi) is 2.24. The molecule has 0 unspecified atom stereocenters. The second kappa shape index (κ2) is 3.63. The van der Waals surface area contributed by atoms with Crippen LogP contribution in [0.3, 0.4) is 0 Å². The van der Waals surface area contributed by atoms with Crippen molar-refractivity contribution >= 4 is 5.91 Å². The molecular formula is C12H17N3O. The molecule has 3 rings (SSSR count). The fourth-order valence-electron chi connectivity index (χ4n) is 2.38. The van der Waals surface area contributed by atoms with Crippen molar-refractivity contribution < 1.29 is 4.79 Å². The maximum atomic E-state index is 12.3. The number of amides is 1. The zero-order valence-corrected chi connectivity index (χ0v) is 9.30. The molecule has 2 aliphatic rings. The number of rotatable bonds is 2. The van der Waals surface area contributed by atoms with Crippen LogP contribution in [0.2, 0.25) is 0 Å². The van der Waals surface area contributed by atoms with Crippen LogP contribution < -0.4 is 5.73 Å². The molecule has 1 atom stereocenters. The predicted molar refractivity (Wildman–Crippen MR) is 61.2 cm³/mol. The van der Waals surface area contributed by atoms with Crippen LogP contribution in [0.25, 0.3) is 0 Å². The van der Waals surface area contributed by atoms with Crippen molar-refractivity contribution in [1.29, 1.82) is 0 Å². The van der Waals surface area contributed by atoms with Gasteiger partial charge in [0.2, 0.25) is 0 Å². The lowest BCUT2D eigenvalue weighted by atomic mass is 10.3. The van der Waals surface area contributed by atoms with Crippen LogP contribution in [-0.4, -0.2) is 34.5 Å². The van der Waals surface area contributed by atoms with E-state index >= 15 is 0 Å². The fraction of sp³-hybridized carbons (Fsp3) is 0.583. The average molecular weight is 219 g/mol. The molecule has 0 aromatic carbocycles. The van der Waals surface area contributed by atoms with Crippen molar-refractivity contribution in [3.63, 3.8) is 0 Å². The number of hydrogen-bond donors (Lipinski definition) is 1. The van der Waals surface area contributed by atoms with Crippen molar-refractivity contribution in [2.45, 2.75) is 31.3 Å². The Morgan fingerprint density at radius 2 is 2.19 bits per heavy atom. The molecule has 2 heterocycles. The van der Waals surface area contributed by atoms with Gasteiger partial charge in [-0.15, -0.1) is 0 Å². The molecule has 86 valence electrons. The minimum atomic E-state index is 0.143. The van der Waals surface area contributed by atoms with E-state index in [0.717, 1.165) is 18.7 Å². The molecule has 1 aromatic rings. The van der Waals surface area contributed by atoms with Crippen LogP contribution in [0.15, 0.2) is 18.3 Å². The zero-order valence-electron chi connectivity index (χ0n) is 9.30. The quantitative estimate of drug-likeness (QED) is 0.806. The van der Waals surface area contributed by atoms with Gasteiger partial charge < -0.3 is 15.2 Å². The first kappa shape index (κ1) is 9.90. The summed E-state index contributed by atoms with van der Waals surface area (Å²) in [5.74, 6) is 0.143. The lowest BCUT2D eigenvalue weighted by molar-refractivity contribution is 0.0780. The monoisotopic (exact) mass is 219 g/mol. The Labute approximate surface area is 95.0 Å². The molecule has 1 saturated carbocycles. The van der Waals surface area contributed by atoms with Gasteiger partial charge in [-0.05, 0) is 31.4 Å². The third kappa shape index (κ3) is 1.63. The highest BCUT2D eigenvalue weighted by molar-refractivity contribution is 5.93. The largest absolute Gasteiger partial charge is 0.340 e. The summed E-state index contributed by atoms with van der Waals surface area (Å²) in [5.41, 5.74) is 6.66. The van der Waals surface area contributed by atoms with Gasteiger partial charge >= 0.3 is 0 Å². The number of hydrogen-bond acceptors (Lipinski definition) is 2. The van der Waals surface area contributed by atoms with Crippen LogP contribution in [0.1, 0.15) is 35.8 Å². The van der Waals surface area contributed by atoms with Crippen LogP contribution in [-0.2, 0) is 0 Å². The van der Waals surface area contributed by atoms with E-state index < -0.39 is 0 Å². The molecule has 2 N–H and O–H groups in total. The van der Waals surface area contributed by atoms with Crippen LogP contribution in [0.4, 0.5) is 0 Å². The topological polar surface area (TPSA) is 51.3 Å². The predicted octanol–water partition coefficient (Wildman–Crippen LogP) is 0.996. The summed E-state index contributed by atoms with van der Waals surface area (Å²) in [4.78, 5) is 14.1. The minimum Gasteiger partial charge on any atom is -0.340 e. The normalized spacial score (nSPS) is 25.1. The van der Waals surface area contributed by atoms with E-state index in [1.807, 2.05) is 23.2 Å². The summed E-state index contributed by atoms with van der Waals surface area (Å²) < 4.78 is 2.12. The van der Waals surface area contributed by atoms with E-state index in [9.17, 15) is 4.79 Å². The van der Waals surface area contributed by atoms with Gasteiger partial charge in [0.05, 0.1) is 0 Å². The third-order valence-corrected chi connectivity index (χ3v) is 3.45. The summed E-state index contributed by atoms with van der Waals surface area (Å²) in [7, 11) is 0. The number of aromatic nitrogens is 1. The first-order valence-corrected chi connectivity index (χ1v) is 5.97. The molecule has 1 aliphatic heterocycles. The minimum absolute atomic E-state index is 0.143. The number of carbonyl (C=O) groups is 1. The van der Waals surface area contributed by atoms with Gasteiger partial charge in [-0.1, -0.05) is 0 Å². The number of nitrogens with zero attached hydrogens (tertiary/aromatic N) is 2. The molecule has 0 radical (unpaired) electrons. The maximum Gasteiger partial charge on any atom is 0.270 e. The lowest BCUT2D eigenvalue weighted by Gasteiger charge is -2.17. The van der Waals surface area contributed by atoms with Crippen molar-refractivity contribution in [3.05, 3.63) is 24.0 Å². The third-order valence-electron chi connectivity index (χ3n) is 3.45. The first-order chi connectivity index (χ1) is 7.75. The maximum absolute atomic E-state index is 12.3. The van der Waals surface area contributed by atoms with E-state index in [1.54, 1.807) is 0 Å². The van der Waals surface area contributed by atoms with Gasteiger partial charge in [0.25, 0.3) is 5.91 Å². The molecular weight excluding hydrogens is 202 g/mol. The van der Waals surface area contributed by atoms with Crippen LogP contribution >= 0.6 is 0 Å². The van der Waals surface area contributed by atoms with Gasteiger partial charge in [0.1, 0.15) is 5.69 Å². The number of carbonyl (C=O) groups excluding carboxylic acids is 1. The van der Waals surface area contributed by atoms with E-state index in [2.05, 4.69) is 4.57 Å². The Bertz CT molecular complexity index is 408. The molecule has 1 aromatic heterocycles. The van der Waals surface area contributed by atoms with Gasteiger partial charge in [-0.25, -0.2) is 0 Å². The standard InChI is InChI=1S/C12H17N3O/c13-9-5-7-14(8-9)12(16)11-2-1-6-15(11)10-3-4-10/h1-2,6,9-10H,3-5,7-8,13H2/t9-/m0/s1. The van der Waals surface area contributed by atoms with Gasteiger partial charge in [0.15, 0.2) is 0 Å². The van der Waals surface area contributed by atoms with Crippen molar-refractivity contribution in [1.82, 2.24) is 9.47 Å². The Balaban J connectivity index is 1.80. The van der Waals surface area contributed by atoms with Crippen LogP contribution in [0.5, 0.6) is 0 Å². The molecule has 4 nitrogen and oxygen atoms in total. The molecule has 16 heavy (non-hydrogen) atoms. The highest BCUT2D eigenvalue weighted by Crippen LogP contribution is 2.36. The van der Waals surface area contributed by atoms with E-state index in [0.29, 0.717) is 12.6 Å². The summed E-state index contributed by atoms with van der Waals surface area (Å²) in [5, 5.41) is 0.